The first-order valence-electron chi connectivity index (χ1n) is 19.5. The third-order valence-electron chi connectivity index (χ3n) is 11.6. The molecule has 0 aliphatic heterocycles. The summed E-state index contributed by atoms with van der Waals surface area (Å²) >= 11 is 1.82. The molecule has 12 rings (SSSR count). The van der Waals surface area contributed by atoms with Crippen molar-refractivity contribution in [1.82, 2.24) is 14.1 Å². The topological polar surface area (TPSA) is 61.9 Å². The van der Waals surface area contributed by atoms with E-state index in [9.17, 15) is 0 Å². The second-order valence-corrected chi connectivity index (χ2v) is 15.9. The molecule has 12 aromatic rings. The second-order valence-electron chi connectivity index (χ2n) is 14.9. The van der Waals surface area contributed by atoms with Gasteiger partial charge in [-0.05, 0) is 102 Å². The van der Waals surface area contributed by atoms with Crippen molar-refractivity contribution in [2.24, 2.45) is 0 Å². The standard InChI is InChI=1S/C52H34N4OS/c1-2-11-43-49(53)47-41(55(43)35-16-9-15-33(29-35)34-21-26-46-40(30-34)37-18-6-7-20-45(37)57-46)24-22-38-39-23-25-42-48(52(39)58-51(38)47)50-44(19-10-27-54-50)56(42)36-17-8-14-32(28-36)31-12-4-3-5-13-31/h2-30H,53H2,1H3/b11-2-. The summed E-state index contributed by atoms with van der Waals surface area (Å²) in [7, 11) is 0. The van der Waals surface area contributed by atoms with Crippen molar-refractivity contribution < 1.29 is 4.42 Å². The molecule has 0 bridgehead atoms. The number of nitrogens with zero attached hydrogens (tertiary/aromatic N) is 3. The number of aromatic nitrogens is 3. The van der Waals surface area contributed by atoms with Crippen LogP contribution in [0.5, 0.6) is 0 Å². The minimum absolute atomic E-state index is 0.775. The highest BCUT2D eigenvalue weighted by Gasteiger charge is 2.23. The minimum Gasteiger partial charge on any atom is -0.456 e. The Balaban J connectivity index is 1.06. The zero-order valence-corrected chi connectivity index (χ0v) is 32.3. The van der Waals surface area contributed by atoms with Gasteiger partial charge in [0.15, 0.2) is 0 Å². The Hall–Kier alpha value is -7.41. The Labute approximate surface area is 337 Å². The van der Waals surface area contributed by atoms with Crippen molar-refractivity contribution in [3.63, 3.8) is 0 Å². The smallest absolute Gasteiger partial charge is 0.135 e. The molecule has 0 aliphatic carbocycles. The number of allylic oxidation sites excluding steroid dienone is 1. The Morgan fingerprint density at radius 2 is 1.19 bits per heavy atom. The molecule has 0 saturated carbocycles. The van der Waals surface area contributed by atoms with Crippen LogP contribution >= 0.6 is 11.3 Å². The lowest BCUT2D eigenvalue weighted by molar-refractivity contribution is 0.669. The van der Waals surface area contributed by atoms with Crippen LogP contribution in [0, 0.1) is 0 Å². The highest BCUT2D eigenvalue weighted by atomic mass is 32.1. The summed E-state index contributed by atoms with van der Waals surface area (Å²) in [4.78, 5) is 5.02. The van der Waals surface area contributed by atoms with Crippen LogP contribution < -0.4 is 5.73 Å². The van der Waals surface area contributed by atoms with E-state index in [1.165, 1.54) is 31.3 Å². The van der Waals surface area contributed by atoms with Gasteiger partial charge in [0, 0.05) is 59.3 Å². The van der Waals surface area contributed by atoms with Crippen molar-refractivity contribution in [3.05, 3.63) is 176 Å². The summed E-state index contributed by atoms with van der Waals surface area (Å²) in [6, 6.07) is 56.1. The van der Waals surface area contributed by atoms with Gasteiger partial charge >= 0.3 is 0 Å². The molecule has 0 saturated heterocycles. The van der Waals surface area contributed by atoms with Crippen LogP contribution in [0.15, 0.2) is 174 Å². The quantitative estimate of drug-likeness (QED) is 0.190. The lowest BCUT2D eigenvalue weighted by Crippen LogP contribution is -1.98. The molecule has 0 fully saturated rings. The van der Waals surface area contributed by atoms with Crippen LogP contribution in [0.3, 0.4) is 0 Å². The molecule has 0 radical (unpaired) electrons. The summed E-state index contributed by atoms with van der Waals surface area (Å²) < 4.78 is 13.2. The minimum atomic E-state index is 0.775. The van der Waals surface area contributed by atoms with Crippen molar-refractivity contribution in [2.75, 3.05) is 5.73 Å². The van der Waals surface area contributed by atoms with E-state index >= 15 is 0 Å². The van der Waals surface area contributed by atoms with Gasteiger partial charge in [-0.25, -0.2) is 0 Å². The van der Waals surface area contributed by atoms with E-state index in [2.05, 4.69) is 161 Å². The van der Waals surface area contributed by atoms with Gasteiger partial charge < -0.3 is 19.3 Å². The van der Waals surface area contributed by atoms with Crippen molar-refractivity contribution >= 4 is 98.1 Å². The number of furan rings is 1. The zero-order valence-electron chi connectivity index (χ0n) is 31.5. The van der Waals surface area contributed by atoms with E-state index in [1.54, 1.807) is 0 Å². The van der Waals surface area contributed by atoms with E-state index in [0.29, 0.717) is 0 Å². The van der Waals surface area contributed by atoms with E-state index in [0.717, 1.165) is 88.7 Å². The number of thiophene rings is 1. The SMILES string of the molecule is C/C=C\c1c(N)c2c3sc4c(ccc5c4c4ncccc4n5-c4cccc(-c5ccccc5)c4)c3ccc2n1-c1cccc(-c2ccc3oc4ccccc4c3c2)c1. The van der Waals surface area contributed by atoms with Gasteiger partial charge in [-0.3, -0.25) is 4.98 Å². The highest BCUT2D eigenvalue weighted by Crippen LogP contribution is 2.48. The lowest BCUT2D eigenvalue weighted by Gasteiger charge is -2.11. The number of rotatable bonds is 5. The molecule has 274 valence electrons. The van der Waals surface area contributed by atoms with Crippen LogP contribution in [-0.2, 0) is 0 Å². The average molecular weight is 763 g/mol. The molecule has 0 spiro atoms. The Bertz CT molecular complexity index is 3660. The summed E-state index contributed by atoms with van der Waals surface area (Å²) in [5.74, 6) is 0. The fourth-order valence-corrected chi connectivity index (χ4v) is 10.5. The second kappa shape index (κ2) is 12.5. The first kappa shape index (κ1) is 32.8. The number of fused-ring (bicyclic) bond motifs is 12. The highest BCUT2D eigenvalue weighted by molar-refractivity contribution is 7.27. The predicted octanol–water partition coefficient (Wildman–Crippen LogP) is 14.3. The van der Waals surface area contributed by atoms with Crippen LogP contribution in [0.2, 0.25) is 0 Å². The number of anilines is 1. The fourth-order valence-electron chi connectivity index (χ4n) is 9.09. The summed E-state index contributed by atoms with van der Waals surface area (Å²) in [5.41, 5.74) is 21.9. The van der Waals surface area contributed by atoms with Gasteiger partial charge in [-0.1, -0.05) is 97.1 Å². The third kappa shape index (κ3) is 4.73. The van der Waals surface area contributed by atoms with Gasteiger partial charge in [-0.2, -0.15) is 0 Å². The molecular weight excluding hydrogens is 729 g/mol. The normalized spacial score (nSPS) is 12.2. The summed E-state index contributed by atoms with van der Waals surface area (Å²) in [6.45, 7) is 2.05. The molecule has 0 amide bonds. The number of nitrogens with two attached hydrogens (primary N) is 1. The summed E-state index contributed by atoms with van der Waals surface area (Å²) in [5, 5.41) is 6.88. The number of hydrogen-bond donors (Lipinski definition) is 1. The van der Waals surface area contributed by atoms with Crippen molar-refractivity contribution in [2.45, 2.75) is 6.92 Å². The van der Waals surface area contributed by atoms with Crippen LogP contribution in [0.4, 0.5) is 5.69 Å². The number of para-hydroxylation sites is 1. The Morgan fingerprint density at radius 1 is 0.534 bits per heavy atom. The van der Waals surface area contributed by atoms with Crippen LogP contribution in [0.25, 0.3) is 115 Å². The van der Waals surface area contributed by atoms with Gasteiger partial charge in [0.25, 0.3) is 0 Å². The first-order chi connectivity index (χ1) is 28.6. The van der Waals surface area contributed by atoms with Crippen molar-refractivity contribution in [1.29, 1.82) is 0 Å². The van der Waals surface area contributed by atoms with E-state index in [1.807, 2.05) is 42.7 Å². The average Bonchev–Trinajstić information content (AvgIpc) is 4.01. The molecule has 58 heavy (non-hydrogen) atoms. The maximum absolute atomic E-state index is 7.26. The molecule has 7 aromatic carbocycles. The number of nitrogen functional groups attached to an aromatic ring is 1. The fraction of sp³-hybridized carbons (Fsp3) is 0.0192. The largest absolute Gasteiger partial charge is 0.456 e. The zero-order chi connectivity index (χ0) is 38.5. The molecule has 5 aromatic heterocycles. The monoisotopic (exact) mass is 762 g/mol. The van der Waals surface area contributed by atoms with Gasteiger partial charge in [0.1, 0.15) is 11.2 Å². The van der Waals surface area contributed by atoms with Gasteiger partial charge in [-0.15, -0.1) is 11.3 Å². The summed E-state index contributed by atoms with van der Waals surface area (Å²) in [6.07, 6.45) is 6.11. The van der Waals surface area contributed by atoms with Crippen LogP contribution in [0.1, 0.15) is 12.6 Å². The number of hydrogen-bond acceptors (Lipinski definition) is 4. The Kier molecular flexibility index (Phi) is 7.10. The van der Waals surface area contributed by atoms with E-state index in [-0.39, 0.29) is 0 Å². The van der Waals surface area contributed by atoms with E-state index < -0.39 is 0 Å². The van der Waals surface area contributed by atoms with Gasteiger partial charge in [0.2, 0.25) is 0 Å². The van der Waals surface area contributed by atoms with Gasteiger partial charge in [0.05, 0.1) is 33.4 Å². The predicted molar refractivity (Wildman–Crippen MR) is 246 cm³/mol. The Morgan fingerprint density at radius 3 is 1.98 bits per heavy atom. The van der Waals surface area contributed by atoms with Crippen molar-refractivity contribution in [3.8, 4) is 33.6 Å². The number of pyridine rings is 1. The molecule has 5 nitrogen and oxygen atoms in total. The molecule has 0 unspecified atom stereocenters. The lowest BCUT2D eigenvalue weighted by atomic mass is 10.0. The van der Waals surface area contributed by atoms with E-state index in [4.69, 9.17) is 15.1 Å². The maximum Gasteiger partial charge on any atom is 0.135 e. The molecule has 6 heteroatoms. The molecule has 2 N–H and O–H groups in total. The van der Waals surface area contributed by atoms with Crippen LogP contribution in [-0.4, -0.2) is 14.1 Å². The third-order valence-corrected chi connectivity index (χ3v) is 12.9. The molecular formula is C52H34N4OS. The molecule has 0 atom stereocenters. The first-order valence-corrected chi connectivity index (χ1v) is 20.3. The molecule has 5 heterocycles. The maximum atomic E-state index is 7.26. The molecule has 0 aliphatic rings. The number of benzene rings is 7.